The fraction of sp³-hybridized carbons (Fsp3) is 0.278. The number of benzene rings is 6. The quantitative estimate of drug-likeness (QED) is 0.121. The third-order valence-corrected chi connectivity index (χ3v) is 12.5. The largest absolute Gasteiger partial charge is 0.476 e. The van der Waals surface area contributed by atoms with E-state index in [1.165, 1.54) is 77.6 Å². The molecule has 0 heterocycles. The molecule has 58 heavy (non-hydrogen) atoms. The van der Waals surface area contributed by atoms with Crippen molar-refractivity contribution in [3.05, 3.63) is 178 Å². The maximum Gasteiger partial charge on any atom is 0.131 e. The third-order valence-electron chi connectivity index (χ3n) is 10.7. The van der Waals surface area contributed by atoms with E-state index in [2.05, 4.69) is 197 Å². The van der Waals surface area contributed by atoms with Crippen molar-refractivity contribution in [2.45, 2.75) is 100 Å². The van der Waals surface area contributed by atoms with Gasteiger partial charge in [0.2, 0.25) is 0 Å². The van der Waals surface area contributed by atoms with Crippen molar-refractivity contribution in [2.75, 3.05) is 0 Å². The van der Waals surface area contributed by atoms with Crippen molar-refractivity contribution in [2.24, 2.45) is 0 Å². The van der Waals surface area contributed by atoms with E-state index in [9.17, 15) is 0 Å². The van der Waals surface area contributed by atoms with Gasteiger partial charge in [0.15, 0.2) is 0 Å². The Morgan fingerprint density at radius 1 is 0.483 bits per heavy atom. The zero-order valence-corrected chi connectivity index (χ0v) is 38.6. The van der Waals surface area contributed by atoms with Gasteiger partial charge in [-0.15, -0.1) is 0 Å². The van der Waals surface area contributed by atoms with E-state index in [0.29, 0.717) is 0 Å². The summed E-state index contributed by atoms with van der Waals surface area (Å²) in [7, 11) is 0.466. The average Bonchev–Trinajstić information content (AvgIpc) is 3.97. The van der Waals surface area contributed by atoms with Gasteiger partial charge in [-0.25, -0.2) is 0 Å². The molecule has 1 radical (unpaired) electrons. The maximum absolute atomic E-state index is 6.77. The molecule has 6 aromatic carbocycles. The first-order chi connectivity index (χ1) is 27.7. The van der Waals surface area contributed by atoms with Gasteiger partial charge < -0.3 is 9.05 Å². The molecule has 0 N–H and O–H groups in total. The van der Waals surface area contributed by atoms with Crippen LogP contribution in [0.2, 0.25) is 0 Å². The monoisotopic (exact) mass is 803 g/mol. The highest BCUT2D eigenvalue weighted by molar-refractivity contribution is 7.39. The predicted octanol–water partition coefficient (Wildman–Crippen LogP) is 16.3. The van der Waals surface area contributed by atoms with Gasteiger partial charge in [-0.1, -0.05) is 176 Å². The van der Waals surface area contributed by atoms with Gasteiger partial charge in [0.05, 0.1) is 8.81 Å². The molecular formula is C54H61O2P2. The highest BCUT2D eigenvalue weighted by Gasteiger charge is 2.34. The van der Waals surface area contributed by atoms with Crippen molar-refractivity contribution in [1.82, 2.24) is 0 Å². The van der Waals surface area contributed by atoms with Crippen molar-refractivity contribution in [3.8, 4) is 44.9 Å². The molecule has 7 rings (SSSR count). The van der Waals surface area contributed by atoms with Crippen LogP contribution >= 0.6 is 17.6 Å². The first-order valence-corrected chi connectivity index (χ1v) is 22.7. The van der Waals surface area contributed by atoms with E-state index in [4.69, 9.17) is 9.05 Å². The van der Waals surface area contributed by atoms with E-state index in [1.54, 1.807) is 0 Å². The molecule has 4 heteroatoms. The van der Waals surface area contributed by atoms with Crippen LogP contribution in [0.15, 0.2) is 127 Å². The molecule has 0 bridgehead atoms. The summed E-state index contributed by atoms with van der Waals surface area (Å²) in [6, 6.07) is 43.7. The number of hydrogen-bond acceptors (Lipinski definition) is 2. The van der Waals surface area contributed by atoms with E-state index in [0.717, 1.165) is 28.8 Å². The zero-order chi connectivity index (χ0) is 41.8. The molecule has 2 unspecified atom stereocenters. The minimum atomic E-state index is -0.0625. The van der Waals surface area contributed by atoms with Gasteiger partial charge >= 0.3 is 0 Å². The van der Waals surface area contributed by atoms with E-state index in [-0.39, 0.29) is 28.4 Å². The molecule has 0 amide bonds. The lowest BCUT2D eigenvalue weighted by Gasteiger charge is -2.29. The molecule has 6 aromatic rings. The maximum atomic E-state index is 6.77. The van der Waals surface area contributed by atoms with Crippen molar-refractivity contribution in [3.63, 3.8) is 0 Å². The first kappa shape index (κ1) is 43.1. The number of allylic oxidation sites excluding steroid dienone is 2. The van der Waals surface area contributed by atoms with Crippen molar-refractivity contribution >= 4 is 23.2 Å². The minimum absolute atomic E-state index is 0.0493. The normalized spacial score (nSPS) is 13.0. The minimum Gasteiger partial charge on any atom is -0.476 e. The molecule has 0 aromatic heterocycles. The van der Waals surface area contributed by atoms with Gasteiger partial charge in [0, 0.05) is 29.0 Å². The van der Waals surface area contributed by atoms with Gasteiger partial charge in [-0.2, -0.15) is 0 Å². The summed E-state index contributed by atoms with van der Waals surface area (Å²) in [5, 5.41) is 1.28. The van der Waals surface area contributed by atoms with Gasteiger partial charge in [-0.3, -0.25) is 0 Å². The van der Waals surface area contributed by atoms with E-state index >= 15 is 0 Å². The lowest BCUT2D eigenvalue weighted by atomic mass is 9.76. The molecule has 299 valence electrons. The summed E-state index contributed by atoms with van der Waals surface area (Å²) in [4.78, 5) is 0. The topological polar surface area (TPSA) is 18.5 Å². The lowest BCUT2D eigenvalue weighted by molar-refractivity contribution is 0.583. The summed E-state index contributed by atoms with van der Waals surface area (Å²) >= 11 is 0. The number of para-hydroxylation sites is 2. The molecule has 1 aliphatic carbocycles. The Bertz CT molecular complexity index is 2440. The molecule has 0 saturated carbocycles. The Balaban J connectivity index is 0.00000279. The number of rotatable bonds is 11. The second-order valence-electron chi connectivity index (χ2n) is 17.3. The van der Waals surface area contributed by atoms with Crippen LogP contribution in [0.5, 0.6) is 11.5 Å². The number of aryl methyl sites for hydroxylation is 4. The van der Waals surface area contributed by atoms with Crippen LogP contribution < -0.4 is 9.05 Å². The second-order valence-corrected chi connectivity index (χ2v) is 19.1. The van der Waals surface area contributed by atoms with Crippen LogP contribution in [-0.2, 0) is 17.0 Å². The standard InChI is InChI=1S/C52H55O2P2.C2H6/c1-33-27-41(44(45(29-33)51(5,6)7)32-55-53-47-25-17-15-23-39(47)37-21-13-11-19-35(37)3)42-28-34(2)30-46(52(8,9)10)50(42)43-31-49(43)56-54-48-26-18-16-24-40(48)38-22-14-12-20-36(38)4;1-2/h11-31,55-56H,32H2,1-10H3;1-2H3. The van der Waals surface area contributed by atoms with Crippen LogP contribution in [-0.4, -0.2) is 0 Å². The third kappa shape index (κ3) is 9.69. The second kappa shape index (κ2) is 18.2. The highest BCUT2D eigenvalue weighted by atomic mass is 31.1. The summed E-state index contributed by atoms with van der Waals surface area (Å²) < 4.78 is 13.5. The Hall–Kier alpha value is -4.48. The van der Waals surface area contributed by atoms with Crippen LogP contribution in [0.3, 0.4) is 0 Å². The zero-order valence-electron chi connectivity index (χ0n) is 36.6. The van der Waals surface area contributed by atoms with Crippen LogP contribution in [0.25, 0.3) is 39.0 Å². The molecule has 0 saturated heterocycles. The summed E-state index contributed by atoms with van der Waals surface area (Å²) in [5.41, 5.74) is 19.0. The SMILES string of the molecule is CC.Cc1cc(-c2cc(C)cc(C(C)(C)C)c2C2=C(POc3ccccc3-c3ccccc3C)[CH]2)c(CPOc2ccccc2-c2ccccc2C)c(C(C)(C)C)c1. The van der Waals surface area contributed by atoms with E-state index < -0.39 is 0 Å². The molecule has 2 nitrogen and oxygen atoms in total. The Morgan fingerprint density at radius 3 is 1.45 bits per heavy atom. The predicted molar refractivity (Wildman–Crippen MR) is 256 cm³/mol. The first-order valence-electron chi connectivity index (χ1n) is 20.7. The average molecular weight is 804 g/mol. The highest BCUT2D eigenvalue weighted by Crippen LogP contribution is 2.56. The summed E-state index contributed by atoms with van der Waals surface area (Å²) in [6.45, 7) is 26.9. The molecule has 2 atom stereocenters. The lowest BCUT2D eigenvalue weighted by Crippen LogP contribution is -2.17. The Morgan fingerprint density at radius 2 is 0.931 bits per heavy atom. The molecular weight excluding hydrogens is 743 g/mol. The molecule has 0 spiro atoms. The van der Waals surface area contributed by atoms with Gasteiger partial charge in [0.1, 0.15) is 20.3 Å². The molecule has 0 fully saturated rings. The smallest absolute Gasteiger partial charge is 0.131 e. The number of hydrogen-bond donors (Lipinski definition) is 0. The Labute approximate surface area is 353 Å². The van der Waals surface area contributed by atoms with Gasteiger partial charge in [0.25, 0.3) is 0 Å². The summed E-state index contributed by atoms with van der Waals surface area (Å²) in [6.07, 6.45) is 3.17. The van der Waals surface area contributed by atoms with E-state index in [1.807, 2.05) is 13.8 Å². The molecule has 0 aliphatic heterocycles. The van der Waals surface area contributed by atoms with Crippen LogP contribution in [0.4, 0.5) is 0 Å². The molecule has 1 aliphatic rings. The Kier molecular flexibility index (Phi) is 13.5. The fourth-order valence-electron chi connectivity index (χ4n) is 7.80. The van der Waals surface area contributed by atoms with Crippen LogP contribution in [0, 0.1) is 34.1 Å². The van der Waals surface area contributed by atoms with Crippen molar-refractivity contribution < 1.29 is 9.05 Å². The van der Waals surface area contributed by atoms with Gasteiger partial charge in [-0.05, 0) is 112 Å². The van der Waals surface area contributed by atoms with Crippen LogP contribution in [0.1, 0.15) is 99.9 Å². The fourth-order valence-corrected chi connectivity index (χ4v) is 9.57. The van der Waals surface area contributed by atoms with Crippen molar-refractivity contribution in [1.29, 1.82) is 0 Å². The summed E-state index contributed by atoms with van der Waals surface area (Å²) in [5.74, 6) is 1.86.